The Morgan fingerprint density at radius 3 is 2.73 bits per heavy atom. The zero-order chi connectivity index (χ0) is 14.9. The molecule has 22 heavy (non-hydrogen) atoms. The van der Waals surface area contributed by atoms with E-state index in [1.54, 1.807) is 0 Å². The summed E-state index contributed by atoms with van der Waals surface area (Å²) in [5.41, 5.74) is 5.87. The number of rotatable bonds is 2. The number of benzene rings is 2. The first-order chi connectivity index (χ1) is 10.8. The summed E-state index contributed by atoms with van der Waals surface area (Å²) in [6.07, 6.45) is 4.68. The number of hydrogen-bond acceptors (Lipinski definition) is 2. The maximum Gasteiger partial charge on any atom is 0.0737 e. The minimum Gasteiger partial charge on any atom is -0.256 e. The van der Waals surface area contributed by atoms with Crippen molar-refractivity contribution in [2.75, 3.05) is 0 Å². The Morgan fingerprint density at radius 2 is 1.77 bits per heavy atom. The predicted octanol–water partition coefficient (Wildman–Crippen LogP) is 4.68. The minimum atomic E-state index is 0.853. The van der Waals surface area contributed by atoms with Crippen LogP contribution in [0.4, 0.5) is 0 Å². The third-order valence-corrected chi connectivity index (χ3v) is 4.11. The molecule has 0 spiro atoms. The minimum absolute atomic E-state index is 0.853. The molecule has 0 aliphatic carbocycles. The molecule has 0 amide bonds. The van der Waals surface area contributed by atoms with Gasteiger partial charge in [-0.3, -0.25) is 9.97 Å². The highest BCUT2D eigenvalue weighted by atomic mass is 14.7. The first kappa shape index (κ1) is 13.0. The van der Waals surface area contributed by atoms with E-state index in [1.807, 2.05) is 18.5 Å². The van der Waals surface area contributed by atoms with Gasteiger partial charge in [0.2, 0.25) is 0 Å². The van der Waals surface area contributed by atoms with Gasteiger partial charge in [-0.1, -0.05) is 36.4 Å². The molecule has 0 N–H and O–H groups in total. The highest BCUT2D eigenvalue weighted by Gasteiger charge is 2.05. The maximum atomic E-state index is 4.60. The van der Waals surface area contributed by atoms with Gasteiger partial charge in [0.25, 0.3) is 0 Å². The topological polar surface area (TPSA) is 25.8 Å². The first-order valence-corrected chi connectivity index (χ1v) is 7.48. The van der Waals surface area contributed by atoms with Gasteiger partial charge in [0, 0.05) is 29.6 Å². The maximum absolute atomic E-state index is 4.60. The molecule has 4 aromatic rings. The third-order valence-electron chi connectivity index (χ3n) is 4.11. The molecule has 0 aliphatic heterocycles. The SMILES string of the molecule is Cc1cccc2ncc(Cc3cccc4cccnc34)cc12. The molecule has 106 valence electrons. The summed E-state index contributed by atoms with van der Waals surface area (Å²) in [5, 5.41) is 2.41. The number of para-hydroxylation sites is 1. The molecule has 0 saturated carbocycles. The van der Waals surface area contributed by atoms with Gasteiger partial charge in [-0.2, -0.15) is 0 Å². The van der Waals surface area contributed by atoms with Gasteiger partial charge in [-0.05, 0) is 41.8 Å². The molecule has 2 heteroatoms. The van der Waals surface area contributed by atoms with Gasteiger partial charge in [-0.25, -0.2) is 0 Å². The molecule has 0 fully saturated rings. The van der Waals surface area contributed by atoms with Crippen molar-refractivity contribution in [3.63, 3.8) is 0 Å². The van der Waals surface area contributed by atoms with Crippen molar-refractivity contribution in [3.05, 3.63) is 83.7 Å². The van der Waals surface area contributed by atoms with Crippen LogP contribution in [0.3, 0.4) is 0 Å². The lowest BCUT2D eigenvalue weighted by molar-refractivity contribution is 1.17. The summed E-state index contributed by atoms with van der Waals surface area (Å²) in [6.45, 7) is 2.13. The molecule has 0 bridgehead atoms. The van der Waals surface area contributed by atoms with Crippen LogP contribution in [0.1, 0.15) is 16.7 Å². The Bertz CT molecular complexity index is 968. The summed E-state index contributed by atoms with van der Waals surface area (Å²) in [7, 11) is 0. The first-order valence-electron chi connectivity index (χ1n) is 7.48. The second kappa shape index (κ2) is 5.23. The molecular formula is C20H16N2. The summed E-state index contributed by atoms with van der Waals surface area (Å²) in [6, 6.07) is 18.9. The van der Waals surface area contributed by atoms with Crippen LogP contribution in [-0.4, -0.2) is 9.97 Å². The summed E-state index contributed by atoms with van der Waals surface area (Å²) in [4.78, 5) is 9.13. The fourth-order valence-corrected chi connectivity index (χ4v) is 2.97. The Kier molecular flexibility index (Phi) is 3.08. The molecule has 0 atom stereocenters. The monoisotopic (exact) mass is 284 g/mol. The molecular weight excluding hydrogens is 268 g/mol. The molecule has 2 aromatic heterocycles. The lowest BCUT2D eigenvalue weighted by Gasteiger charge is -2.08. The summed E-state index contributed by atoms with van der Waals surface area (Å²) in [5.74, 6) is 0. The molecule has 0 saturated heterocycles. The van der Waals surface area contributed by atoms with Crippen molar-refractivity contribution in [2.24, 2.45) is 0 Å². The van der Waals surface area contributed by atoms with Gasteiger partial charge in [0.05, 0.1) is 11.0 Å². The van der Waals surface area contributed by atoms with E-state index in [-0.39, 0.29) is 0 Å². The highest BCUT2D eigenvalue weighted by molar-refractivity contribution is 5.84. The number of nitrogens with zero attached hydrogens (tertiary/aromatic N) is 2. The molecule has 0 radical (unpaired) electrons. The van der Waals surface area contributed by atoms with Crippen LogP contribution < -0.4 is 0 Å². The van der Waals surface area contributed by atoms with Crippen molar-refractivity contribution in [1.82, 2.24) is 9.97 Å². The Labute approximate surface area is 129 Å². The van der Waals surface area contributed by atoms with E-state index in [1.165, 1.54) is 27.5 Å². The van der Waals surface area contributed by atoms with Crippen molar-refractivity contribution < 1.29 is 0 Å². The van der Waals surface area contributed by atoms with Crippen molar-refractivity contribution in [2.45, 2.75) is 13.3 Å². The van der Waals surface area contributed by atoms with E-state index < -0.39 is 0 Å². The predicted molar refractivity (Wildman–Crippen MR) is 91.0 cm³/mol. The van der Waals surface area contributed by atoms with Gasteiger partial charge in [0.15, 0.2) is 0 Å². The van der Waals surface area contributed by atoms with Crippen molar-refractivity contribution in [3.8, 4) is 0 Å². The highest BCUT2D eigenvalue weighted by Crippen LogP contribution is 2.22. The molecule has 4 rings (SSSR count). The van der Waals surface area contributed by atoms with Crippen LogP contribution >= 0.6 is 0 Å². The van der Waals surface area contributed by atoms with E-state index in [0.29, 0.717) is 0 Å². The fourth-order valence-electron chi connectivity index (χ4n) is 2.97. The van der Waals surface area contributed by atoms with Crippen LogP contribution in [0.5, 0.6) is 0 Å². The zero-order valence-corrected chi connectivity index (χ0v) is 12.5. The van der Waals surface area contributed by atoms with E-state index in [0.717, 1.165) is 17.5 Å². The van der Waals surface area contributed by atoms with E-state index in [9.17, 15) is 0 Å². The van der Waals surface area contributed by atoms with Gasteiger partial charge >= 0.3 is 0 Å². The second-order valence-corrected chi connectivity index (χ2v) is 5.65. The number of aryl methyl sites for hydroxylation is 1. The van der Waals surface area contributed by atoms with Gasteiger partial charge in [0.1, 0.15) is 0 Å². The van der Waals surface area contributed by atoms with Crippen molar-refractivity contribution in [1.29, 1.82) is 0 Å². The second-order valence-electron chi connectivity index (χ2n) is 5.65. The summed E-state index contributed by atoms with van der Waals surface area (Å²) < 4.78 is 0. The molecule has 2 nitrogen and oxygen atoms in total. The lowest BCUT2D eigenvalue weighted by Crippen LogP contribution is -1.93. The Hall–Kier alpha value is -2.74. The zero-order valence-electron chi connectivity index (χ0n) is 12.5. The number of pyridine rings is 2. The largest absolute Gasteiger partial charge is 0.256 e. The fraction of sp³-hybridized carbons (Fsp3) is 0.100. The average Bonchev–Trinajstić information content (AvgIpc) is 2.56. The van der Waals surface area contributed by atoms with Crippen LogP contribution in [0, 0.1) is 6.92 Å². The molecule has 0 unspecified atom stereocenters. The quantitative estimate of drug-likeness (QED) is 0.534. The lowest BCUT2D eigenvalue weighted by atomic mass is 10.0. The smallest absolute Gasteiger partial charge is 0.0737 e. The van der Waals surface area contributed by atoms with Gasteiger partial charge in [-0.15, -0.1) is 0 Å². The third kappa shape index (κ3) is 2.23. The summed E-state index contributed by atoms with van der Waals surface area (Å²) >= 11 is 0. The number of hydrogen-bond donors (Lipinski definition) is 0. The van der Waals surface area contributed by atoms with Crippen molar-refractivity contribution >= 4 is 21.8 Å². The average molecular weight is 284 g/mol. The normalized spacial score (nSPS) is 11.1. The van der Waals surface area contributed by atoms with Crippen LogP contribution in [0.25, 0.3) is 21.8 Å². The Morgan fingerprint density at radius 1 is 0.909 bits per heavy atom. The molecule has 0 aliphatic rings. The molecule has 2 heterocycles. The van der Waals surface area contributed by atoms with E-state index in [2.05, 4.69) is 65.4 Å². The van der Waals surface area contributed by atoms with Gasteiger partial charge < -0.3 is 0 Å². The van der Waals surface area contributed by atoms with Crippen LogP contribution in [0.2, 0.25) is 0 Å². The number of fused-ring (bicyclic) bond motifs is 2. The standard InChI is InChI=1S/C20H16N2/c1-14-5-2-9-19-18(14)12-15(13-22-19)11-17-7-3-6-16-8-4-10-21-20(16)17/h2-10,12-13H,11H2,1H3. The van der Waals surface area contributed by atoms with E-state index >= 15 is 0 Å². The van der Waals surface area contributed by atoms with E-state index in [4.69, 9.17) is 0 Å². The Balaban J connectivity index is 1.81. The number of aromatic nitrogens is 2. The molecule has 2 aromatic carbocycles. The van der Waals surface area contributed by atoms with Crippen LogP contribution in [0.15, 0.2) is 67.0 Å². The van der Waals surface area contributed by atoms with Crippen LogP contribution in [-0.2, 0) is 6.42 Å².